The Bertz CT molecular complexity index is 2510. The van der Waals surface area contributed by atoms with Crippen LogP contribution in [0.15, 0.2) is 103 Å². The zero-order valence-corrected chi connectivity index (χ0v) is 34.9. The first-order chi connectivity index (χ1) is 28.6. The highest BCUT2D eigenvalue weighted by atomic mass is 35.5. The predicted molar refractivity (Wildman–Crippen MR) is 230 cm³/mol. The number of rotatable bonds is 17. The van der Waals surface area contributed by atoms with Crippen molar-refractivity contribution in [1.29, 1.82) is 0 Å². The number of benzene rings is 3. The number of aliphatic carboxylic acids is 1. The number of para-hydroxylation sites is 1. The lowest BCUT2D eigenvalue weighted by Crippen LogP contribution is -2.34. The van der Waals surface area contributed by atoms with Crippen LogP contribution in [-0.4, -0.2) is 89.0 Å². The number of nitrogens with zero attached hydrogens (tertiary/aromatic N) is 5. The van der Waals surface area contributed by atoms with Gasteiger partial charge in [-0.25, -0.2) is 14.8 Å². The van der Waals surface area contributed by atoms with Crippen molar-refractivity contribution < 1.29 is 33.6 Å². The van der Waals surface area contributed by atoms with Crippen LogP contribution >= 0.6 is 23.1 Å². The van der Waals surface area contributed by atoms with Gasteiger partial charge in [-0.15, -0.1) is 0 Å². The molecule has 6 aromatic rings. The van der Waals surface area contributed by atoms with Crippen LogP contribution in [0.1, 0.15) is 17.7 Å². The summed E-state index contributed by atoms with van der Waals surface area (Å²) in [6.45, 7) is 3.28. The number of fused-ring (bicyclic) bond motifs is 1. The molecule has 7 rings (SSSR count). The molecule has 3 heterocycles. The van der Waals surface area contributed by atoms with Gasteiger partial charge in [0.2, 0.25) is 5.88 Å². The summed E-state index contributed by atoms with van der Waals surface area (Å²) in [6, 6.07) is 20.7. The van der Waals surface area contributed by atoms with Crippen LogP contribution in [0.5, 0.6) is 23.1 Å². The molecule has 0 saturated carbocycles. The molecule has 0 bridgehead atoms. The van der Waals surface area contributed by atoms with Gasteiger partial charge in [-0.1, -0.05) is 66.2 Å². The van der Waals surface area contributed by atoms with Gasteiger partial charge in [0, 0.05) is 42.4 Å². The van der Waals surface area contributed by atoms with Gasteiger partial charge in [-0.05, 0) is 80.1 Å². The smallest absolute Gasteiger partial charge is 0.344 e. The molecular formula is C45H44ClN5O7S. The Kier molecular flexibility index (Phi) is 13.2. The summed E-state index contributed by atoms with van der Waals surface area (Å²) in [7, 11) is 7.17. The summed E-state index contributed by atoms with van der Waals surface area (Å²) in [5.74, 6) is 1.10. The van der Waals surface area contributed by atoms with E-state index in [1.54, 1.807) is 32.7 Å². The van der Waals surface area contributed by atoms with Crippen molar-refractivity contribution in [2.75, 3.05) is 41.5 Å². The summed E-state index contributed by atoms with van der Waals surface area (Å²) in [4.78, 5) is 29.1. The molecule has 0 fully saturated rings. The monoisotopic (exact) mass is 833 g/mol. The average molecular weight is 834 g/mol. The van der Waals surface area contributed by atoms with E-state index in [4.69, 9.17) is 45.3 Å². The summed E-state index contributed by atoms with van der Waals surface area (Å²) >= 11 is 8.18. The molecule has 1 aliphatic rings. The molecule has 3 aromatic carbocycles. The second-order valence-corrected chi connectivity index (χ2v) is 15.3. The average Bonchev–Trinajstić information content (AvgIpc) is 3.67. The van der Waals surface area contributed by atoms with Crippen molar-refractivity contribution in [1.82, 2.24) is 24.2 Å². The zero-order chi connectivity index (χ0) is 41.5. The Balaban J connectivity index is 1.19. The largest absolute Gasteiger partial charge is 0.497 e. The van der Waals surface area contributed by atoms with Gasteiger partial charge in [0.15, 0.2) is 11.9 Å². The fourth-order valence-corrected chi connectivity index (χ4v) is 7.76. The molecule has 0 spiro atoms. The lowest BCUT2D eigenvalue weighted by atomic mass is 9.91. The summed E-state index contributed by atoms with van der Waals surface area (Å²) in [5.41, 5.74) is 5.07. The maximum atomic E-state index is 13.0. The van der Waals surface area contributed by atoms with E-state index in [2.05, 4.69) is 9.36 Å². The van der Waals surface area contributed by atoms with E-state index in [1.165, 1.54) is 11.5 Å². The van der Waals surface area contributed by atoms with Crippen molar-refractivity contribution in [2.45, 2.75) is 32.2 Å². The first kappa shape index (κ1) is 41.3. The fraction of sp³-hybridized carbons (Fsp3) is 0.267. The third-order valence-electron chi connectivity index (χ3n) is 9.94. The van der Waals surface area contributed by atoms with Gasteiger partial charge in [-0.2, -0.15) is 4.37 Å². The lowest BCUT2D eigenvalue weighted by Gasteiger charge is -2.27. The van der Waals surface area contributed by atoms with Crippen molar-refractivity contribution in [3.05, 3.63) is 120 Å². The van der Waals surface area contributed by atoms with Crippen LogP contribution in [0.4, 0.5) is 0 Å². The minimum atomic E-state index is -1.28. The Hall–Kier alpha value is -5.86. The first-order valence-electron chi connectivity index (χ1n) is 19.0. The Morgan fingerprint density at radius 1 is 0.966 bits per heavy atom. The molecule has 0 amide bonds. The van der Waals surface area contributed by atoms with Gasteiger partial charge in [0.05, 0.1) is 59.0 Å². The van der Waals surface area contributed by atoms with Crippen LogP contribution in [0.3, 0.4) is 0 Å². The fourth-order valence-electron chi connectivity index (χ4n) is 6.85. The standard InChI is InChI=1S/C45H44ClN5O7S/c1-27-32(17-18-36(41(27)46)56-22-21-51(2)3)39-40-38(25-48-42(39)29-12-10-13-31(23-29)54-4)59-50-44(40)58-37(45(52)53)24-28-11-6-8-15-34(28)57-26-30-19-20-47-43(49-30)33-14-7-9-16-35(33)55-5/h6-20,23,25,28,34,37H,21-22,24,26H2,1-5H3,(H,52,53). The molecule has 59 heavy (non-hydrogen) atoms. The number of carboxylic acids is 1. The Labute approximate surface area is 351 Å². The van der Waals surface area contributed by atoms with Crippen LogP contribution in [-0.2, 0) is 16.1 Å². The Morgan fingerprint density at radius 3 is 2.59 bits per heavy atom. The molecule has 12 nitrogen and oxygen atoms in total. The van der Waals surface area contributed by atoms with E-state index in [0.717, 1.165) is 28.8 Å². The normalized spacial score (nSPS) is 15.4. The number of carbonyl (C=O) groups is 1. The predicted octanol–water partition coefficient (Wildman–Crippen LogP) is 8.95. The number of halogens is 1. The molecule has 3 unspecified atom stereocenters. The van der Waals surface area contributed by atoms with E-state index >= 15 is 0 Å². The van der Waals surface area contributed by atoms with E-state index in [-0.39, 0.29) is 24.8 Å². The summed E-state index contributed by atoms with van der Waals surface area (Å²) < 4.78 is 35.3. The molecule has 14 heteroatoms. The molecule has 0 saturated heterocycles. The van der Waals surface area contributed by atoms with Crippen LogP contribution in [0.2, 0.25) is 5.02 Å². The van der Waals surface area contributed by atoms with Gasteiger partial charge < -0.3 is 33.7 Å². The molecule has 304 valence electrons. The minimum Gasteiger partial charge on any atom is -0.497 e. The van der Waals surface area contributed by atoms with E-state index in [1.807, 2.05) is 111 Å². The second kappa shape index (κ2) is 18.8. The number of methoxy groups -OCH3 is 2. The molecule has 1 aliphatic carbocycles. The number of ether oxygens (including phenoxy) is 5. The molecule has 0 radical (unpaired) electrons. The lowest BCUT2D eigenvalue weighted by molar-refractivity contribution is -0.146. The third-order valence-corrected chi connectivity index (χ3v) is 11.2. The van der Waals surface area contributed by atoms with E-state index in [9.17, 15) is 9.90 Å². The van der Waals surface area contributed by atoms with Gasteiger partial charge in [0.25, 0.3) is 0 Å². The number of hydrogen-bond acceptors (Lipinski definition) is 12. The number of aromatic nitrogens is 4. The number of allylic oxidation sites excluding steroid dienone is 2. The molecule has 3 aromatic heterocycles. The maximum absolute atomic E-state index is 13.0. The molecule has 3 atom stereocenters. The van der Waals surface area contributed by atoms with Gasteiger partial charge in [-0.3, -0.25) is 4.98 Å². The van der Waals surface area contributed by atoms with Crippen LogP contribution in [0.25, 0.3) is 43.9 Å². The van der Waals surface area contributed by atoms with E-state index < -0.39 is 18.2 Å². The highest BCUT2D eigenvalue weighted by molar-refractivity contribution is 7.13. The quantitative estimate of drug-likeness (QED) is 0.0939. The summed E-state index contributed by atoms with van der Waals surface area (Å²) in [6.07, 6.45) is 9.40. The van der Waals surface area contributed by atoms with Gasteiger partial charge in [0.1, 0.15) is 23.9 Å². The van der Waals surface area contributed by atoms with Crippen molar-refractivity contribution in [2.24, 2.45) is 5.92 Å². The number of likely N-dealkylation sites (N-methyl/N-ethyl adjacent to an activating group) is 1. The zero-order valence-electron chi connectivity index (χ0n) is 33.3. The van der Waals surface area contributed by atoms with Crippen LogP contribution < -0.4 is 18.9 Å². The molecule has 0 aliphatic heterocycles. The van der Waals surface area contributed by atoms with E-state index in [0.29, 0.717) is 61.7 Å². The maximum Gasteiger partial charge on any atom is 0.344 e. The number of carboxylic acid groups (broad SMARTS) is 1. The summed E-state index contributed by atoms with van der Waals surface area (Å²) in [5, 5.41) is 11.7. The van der Waals surface area contributed by atoms with Crippen molar-refractivity contribution in [3.63, 3.8) is 0 Å². The second-order valence-electron chi connectivity index (χ2n) is 14.1. The minimum absolute atomic E-state index is 0.100. The number of hydrogen-bond donors (Lipinski definition) is 1. The highest BCUT2D eigenvalue weighted by Gasteiger charge is 2.31. The highest BCUT2D eigenvalue weighted by Crippen LogP contribution is 2.46. The molecule has 1 N–H and O–H groups in total. The molecular weight excluding hydrogens is 790 g/mol. The topological polar surface area (TPSA) is 138 Å². The van der Waals surface area contributed by atoms with Crippen molar-refractivity contribution in [3.8, 4) is 56.9 Å². The SMILES string of the molecule is COc1cccc(-c2ncc3snc(OC(CC4C=CC=CC4OCc4ccnc(-c5ccccc5OC)n4)C(=O)O)c3c2-c2ccc(OCCN(C)C)c(Cl)c2C)c1. The number of pyridine rings is 1. The van der Waals surface area contributed by atoms with Crippen LogP contribution in [0, 0.1) is 12.8 Å². The third kappa shape index (κ3) is 9.39. The van der Waals surface area contributed by atoms with Gasteiger partial charge >= 0.3 is 5.97 Å². The Morgan fingerprint density at radius 2 is 1.80 bits per heavy atom. The van der Waals surface area contributed by atoms with Crippen molar-refractivity contribution >= 4 is 39.2 Å². The first-order valence-corrected chi connectivity index (χ1v) is 20.1.